The summed E-state index contributed by atoms with van der Waals surface area (Å²) in [7, 11) is 1.39. The standard InChI is InChI=1S/C9H9NO4/c1-14-8-3-2-6(5-10-13)4-7(8)9(11)12/h2-5,13H,1H3,(H,11,12). The second-order valence-electron chi connectivity index (χ2n) is 2.51. The van der Waals surface area contributed by atoms with Crippen molar-refractivity contribution in [2.24, 2.45) is 5.16 Å². The number of methoxy groups -OCH3 is 1. The van der Waals surface area contributed by atoms with Gasteiger partial charge in [0.2, 0.25) is 0 Å². The highest BCUT2D eigenvalue weighted by Gasteiger charge is 2.10. The Bertz CT molecular complexity index is 373. The van der Waals surface area contributed by atoms with Crippen LogP contribution in [-0.2, 0) is 0 Å². The van der Waals surface area contributed by atoms with Gasteiger partial charge >= 0.3 is 5.97 Å². The first-order chi connectivity index (χ1) is 6.69. The van der Waals surface area contributed by atoms with Crippen molar-refractivity contribution in [1.82, 2.24) is 0 Å². The van der Waals surface area contributed by atoms with Gasteiger partial charge in [-0.05, 0) is 23.8 Å². The quantitative estimate of drug-likeness (QED) is 0.431. The molecular formula is C9H9NO4. The van der Waals surface area contributed by atoms with Crippen molar-refractivity contribution in [2.75, 3.05) is 7.11 Å². The summed E-state index contributed by atoms with van der Waals surface area (Å²) >= 11 is 0. The molecule has 0 aliphatic carbocycles. The van der Waals surface area contributed by atoms with Crippen LogP contribution in [0.15, 0.2) is 23.4 Å². The van der Waals surface area contributed by atoms with Gasteiger partial charge in [0.25, 0.3) is 0 Å². The molecule has 0 radical (unpaired) electrons. The summed E-state index contributed by atoms with van der Waals surface area (Å²) in [5.74, 6) is -0.817. The Morgan fingerprint density at radius 1 is 1.57 bits per heavy atom. The minimum Gasteiger partial charge on any atom is -0.496 e. The maximum atomic E-state index is 10.8. The second-order valence-corrected chi connectivity index (χ2v) is 2.51. The minimum atomic E-state index is -1.09. The van der Waals surface area contributed by atoms with Gasteiger partial charge in [0, 0.05) is 0 Å². The van der Waals surface area contributed by atoms with Gasteiger partial charge in [0.15, 0.2) is 0 Å². The van der Waals surface area contributed by atoms with Gasteiger partial charge in [-0.2, -0.15) is 0 Å². The van der Waals surface area contributed by atoms with Crippen LogP contribution in [0.25, 0.3) is 0 Å². The van der Waals surface area contributed by atoms with Gasteiger partial charge in [-0.3, -0.25) is 0 Å². The van der Waals surface area contributed by atoms with Crippen molar-refractivity contribution in [3.8, 4) is 5.75 Å². The summed E-state index contributed by atoms with van der Waals surface area (Å²) in [5, 5.41) is 19.9. The molecule has 0 fully saturated rings. The normalized spacial score (nSPS) is 10.4. The van der Waals surface area contributed by atoms with E-state index in [4.69, 9.17) is 15.1 Å². The highest BCUT2D eigenvalue weighted by Crippen LogP contribution is 2.18. The first kappa shape index (κ1) is 10.0. The van der Waals surface area contributed by atoms with Crippen molar-refractivity contribution in [2.45, 2.75) is 0 Å². The van der Waals surface area contributed by atoms with Crippen molar-refractivity contribution >= 4 is 12.2 Å². The van der Waals surface area contributed by atoms with E-state index in [2.05, 4.69) is 5.16 Å². The van der Waals surface area contributed by atoms with Gasteiger partial charge in [-0.1, -0.05) is 5.16 Å². The smallest absolute Gasteiger partial charge is 0.339 e. The SMILES string of the molecule is COc1ccc(C=NO)cc1C(=O)O. The third-order valence-electron chi connectivity index (χ3n) is 1.66. The highest BCUT2D eigenvalue weighted by atomic mass is 16.5. The van der Waals surface area contributed by atoms with Crippen LogP contribution in [0.1, 0.15) is 15.9 Å². The van der Waals surface area contributed by atoms with Crippen molar-refractivity contribution in [1.29, 1.82) is 0 Å². The third-order valence-corrected chi connectivity index (χ3v) is 1.66. The fourth-order valence-corrected chi connectivity index (χ4v) is 1.04. The molecule has 0 saturated carbocycles. The molecule has 0 amide bonds. The molecule has 14 heavy (non-hydrogen) atoms. The first-order valence-corrected chi connectivity index (χ1v) is 3.78. The van der Waals surface area contributed by atoms with Crippen LogP contribution in [0.2, 0.25) is 0 Å². The van der Waals surface area contributed by atoms with E-state index in [0.717, 1.165) is 6.21 Å². The number of ether oxygens (including phenoxy) is 1. The monoisotopic (exact) mass is 195 g/mol. The van der Waals surface area contributed by atoms with Crippen molar-refractivity contribution in [3.63, 3.8) is 0 Å². The molecule has 0 bridgehead atoms. The Kier molecular flexibility index (Phi) is 3.06. The largest absolute Gasteiger partial charge is 0.496 e. The molecule has 2 N–H and O–H groups in total. The lowest BCUT2D eigenvalue weighted by molar-refractivity contribution is 0.0693. The molecule has 0 saturated heterocycles. The number of oxime groups is 1. The number of carboxylic acid groups (broad SMARTS) is 1. The Morgan fingerprint density at radius 3 is 2.79 bits per heavy atom. The Labute approximate surface area is 80.2 Å². The molecule has 74 valence electrons. The molecule has 0 atom stereocenters. The number of carboxylic acids is 1. The van der Waals surface area contributed by atoms with Crippen LogP contribution in [0, 0.1) is 0 Å². The molecular weight excluding hydrogens is 186 g/mol. The number of carbonyl (C=O) groups is 1. The van der Waals surface area contributed by atoms with Crippen LogP contribution in [0.3, 0.4) is 0 Å². The van der Waals surface area contributed by atoms with Crippen LogP contribution >= 0.6 is 0 Å². The van der Waals surface area contributed by atoms with Gasteiger partial charge in [-0.25, -0.2) is 4.79 Å². The van der Waals surface area contributed by atoms with Crippen LogP contribution in [0.4, 0.5) is 0 Å². The minimum absolute atomic E-state index is 0.0323. The zero-order valence-electron chi connectivity index (χ0n) is 7.47. The molecule has 0 aromatic heterocycles. The Balaban J connectivity index is 3.20. The summed E-state index contributed by atoms with van der Waals surface area (Å²) in [6.45, 7) is 0. The van der Waals surface area contributed by atoms with E-state index in [1.54, 1.807) is 6.07 Å². The van der Waals surface area contributed by atoms with Gasteiger partial charge in [0.05, 0.1) is 13.3 Å². The van der Waals surface area contributed by atoms with Crippen molar-refractivity contribution < 1.29 is 19.8 Å². The lowest BCUT2D eigenvalue weighted by atomic mass is 10.1. The summed E-state index contributed by atoms with van der Waals surface area (Å²) in [5.41, 5.74) is 0.524. The van der Waals surface area contributed by atoms with Crippen LogP contribution < -0.4 is 4.74 Å². The number of nitrogens with zero attached hydrogens (tertiary/aromatic N) is 1. The van der Waals surface area contributed by atoms with E-state index < -0.39 is 5.97 Å². The maximum absolute atomic E-state index is 10.8. The first-order valence-electron chi connectivity index (χ1n) is 3.78. The molecule has 1 aromatic rings. The molecule has 0 heterocycles. The van der Waals surface area contributed by atoms with Gasteiger partial charge < -0.3 is 15.1 Å². The molecule has 0 aliphatic rings. The highest BCUT2D eigenvalue weighted by molar-refractivity contribution is 5.93. The molecule has 1 rings (SSSR count). The lowest BCUT2D eigenvalue weighted by Gasteiger charge is -2.04. The maximum Gasteiger partial charge on any atom is 0.339 e. The van der Waals surface area contributed by atoms with E-state index >= 15 is 0 Å². The summed E-state index contributed by atoms with van der Waals surface area (Å²) in [4.78, 5) is 10.8. The molecule has 1 aromatic carbocycles. The van der Waals surface area contributed by atoms with Crippen LogP contribution in [-0.4, -0.2) is 29.6 Å². The van der Waals surface area contributed by atoms with Crippen LogP contribution in [0.5, 0.6) is 5.75 Å². The molecule has 0 aliphatic heterocycles. The fourth-order valence-electron chi connectivity index (χ4n) is 1.04. The van der Waals surface area contributed by atoms with E-state index in [1.807, 2.05) is 0 Å². The number of benzene rings is 1. The van der Waals surface area contributed by atoms with E-state index in [-0.39, 0.29) is 11.3 Å². The number of rotatable bonds is 3. The molecule has 0 spiro atoms. The van der Waals surface area contributed by atoms with E-state index in [0.29, 0.717) is 5.56 Å². The lowest BCUT2D eigenvalue weighted by Crippen LogP contribution is -2.01. The average Bonchev–Trinajstić information content (AvgIpc) is 2.18. The second kappa shape index (κ2) is 4.27. The summed E-state index contributed by atoms with van der Waals surface area (Å²) in [6.07, 6.45) is 1.14. The van der Waals surface area contributed by atoms with Crippen molar-refractivity contribution in [3.05, 3.63) is 29.3 Å². The fraction of sp³-hybridized carbons (Fsp3) is 0.111. The molecule has 5 heteroatoms. The number of hydrogen-bond acceptors (Lipinski definition) is 4. The predicted molar refractivity (Wildman–Crippen MR) is 49.3 cm³/mol. The average molecular weight is 195 g/mol. The zero-order valence-corrected chi connectivity index (χ0v) is 7.47. The summed E-state index contributed by atoms with van der Waals surface area (Å²) < 4.78 is 4.85. The topological polar surface area (TPSA) is 79.1 Å². The number of hydrogen-bond donors (Lipinski definition) is 2. The third kappa shape index (κ3) is 2.01. The number of aromatic carboxylic acids is 1. The van der Waals surface area contributed by atoms with Gasteiger partial charge in [-0.15, -0.1) is 0 Å². The van der Waals surface area contributed by atoms with E-state index in [9.17, 15) is 4.79 Å². The molecule has 5 nitrogen and oxygen atoms in total. The molecule has 0 unspecified atom stereocenters. The summed E-state index contributed by atoms with van der Waals surface area (Å²) in [6, 6.07) is 4.45. The van der Waals surface area contributed by atoms with E-state index in [1.165, 1.54) is 19.2 Å². The predicted octanol–water partition coefficient (Wildman–Crippen LogP) is 1.20. The zero-order chi connectivity index (χ0) is 10.6. The van der Waals surface area contributed by atoms with Gasteiger partial charge in [0.1, 0.15) is 11.3 Å². The Morgan fingerprint density at radius 2 is 2.29 bits per heavy atom. The Hall–Kier alpha value is -2.04.